The number of phenolic OH excluding ortho intramolecular Hbond substituents is 1. The summed E-state index contributed by atoms with van der Waals surface area (Å²) in [4.78, 5) is 235. The number of Topliss-reactive ketones (excluding diaryl/α,β-unsaturated/α-hetero) is 1. The van der Waals surface area contributed by atoms with Crippen LogP contribution in [-0.2, 0) is 109 Å². The molecule has 16 N–H and O–H groups in total. The largest absolute Gasteiger partial charge is 0.508 e. The number of nitrogens with zero attached hydrogens (tertiary/aromatic N) is 5. The Morgan fingerprint density at radius 1 is 0.542 bits per heavy atom. The van der Waals surface area contributed by atoms with E-state index in [-0.39, 0.29) is 94.4 Å². The summed E-state index contributed by atoms with van der Waals surface area (Å²) in [6.07, 6.45) is -0.279. The average molecular weight is 1840 g/mol. The third-order valence-electron chi connectivity index (χ3n) is 23.2. The number of carbonyl (C=O) groups is 16. The first-order valence-corrected chi connectivity index (χ1v) is 44.8. The zero-order valence-corrected chi connectivity index (χ0v) is 75.4. The Balaban J connectivity index is 1.02. The van der Waals surface area contributed by atoms with Crippen LogP contribution in [0.3, 0.4) is 0 Å². The van der Waals surface area contributed by atoms with Crippen LogP contribution in [-0.4, -0.2) is 270 Å². The number of nitrogens with one attached hydrogen (secondary N) is 9. The number of carboxylic acid groups (broad SMARTS) is 2. The van der Waals surface area contributed by atoms with Gasteiger partial charge >= 0.3 is 11.9 Å². The minimum absolute atomic E-state index is 0.00245. The van der Waals surface area contributed by atoms with Crippen molar-refractivity contribution in [3.8, 4) is 5.75 Å². The lowest BCUT2D eigenvalue weighted by Gasteiger charge is -2.38. The van der Waals surface area contributed by atoms with Crippen molar-refractivity contribution < 1.29 is 105 Å². The summed E-state index contributed by atoms with van der Waals surface area (Å²) in [6.45, 7) is 7.67. The molecule has 39 heteroatoms. The number of aliphatic carboxylic acids is 2. The van der Waals surface area contributed by atoms with Crippen LogP contribution in [0, 0.1) is 23.4 Å². The number of thioether (sulfide) groups is 1. The zero-order valence-electron chi connectivity index (χ0n) is 74.6. The normalized spacial score (nSPS) is 16.2. The SMILES string of the molecule is CCCC[C@H](NC(=O)[C@H](Cc1ccc(O)cc1)NC(=O)[C@H](Cc1c[nH]c2ccccc12)NC(=O)C1CCCN1C(=O)[C@@H](N)CC(=O)O)C(=O)N[C@@H](CSCC(=O)N[C@@H](Cc1cc(F)c(F)c(F)c1)C(=O)N(C)C(Cc1ccccc1)C(=O)N(C)[C@@H](CCCC)C(=O)N1CCC[C@@H]1C(=O)N[C@@H](CC(=O)O)N[C@H](C(=O)N(C)[C@@H](Cc1ccccc1)C(C)=O)C(C)C)C(=O)NCC(N)=O. The molecule has 6 aromatic rings. The molecule has 2 fully saturated rings. The van der Waals surface area contributed by atoms with Crippen molar-refractivity contribution in [1.29, 1.82) is 0 Å². The number of amides is 13. The molecule has 2 unspecified atom stereocenters. The number of unbranched alkanes of at least 4 members (excludes halogenated alkanes) is 2. The number of aromatic hydroxyl groups is 1. The molecule has 131 heavy (non-hydrogen) atoms. The number of benzene rings is 5. The second-order valence-electron chi connectivity index (χ2n) is 33.4. The van der Waals surface area contributed by atoms with Crippen molar-refractivity contribution in [3.63, 3.8) is 0 Å². The Morgan fingerprint density at radius 3 is 1.62 bits per heavy atom. The lowest BCUT2D eigenvalue weighted by Crippen LogP contribution is -2.61. The van der Waals surface area contributed by atoms with Gasteiger partial charge in [0.25, 0.3) is 0 Å². The monoisotopic (exact) mass is 1840 g/mol. The maximum atomic E-state index is 15.6. The number of hydrogen-bond acceptors (Lipinski definition) is 20. The van der Waals surface area contributed by atoms with E-state index in [1.165, 1.54) is 62.1 Å². The van der Waals surface area contributed by atoms with Gasteiger partial charge in [-0.1, -0.05) is 144 Å². The molecule has 3 heterocycles. The predicted molar refractivity (Wildman–Crippen MR) is 478 cm³/mol. The molecule has 8 rings (SSSR count). The predicted octanol–water partition coefficient (Wildman–Crippen LogP) is 3.33. The van der Waals surface area contributed by atoms with E-state index in [0.29, 0.717) is 77.2 Å². The minimum atomic E-state index is -1.86. The van der Waals surface area contributed by atoms with E-state index in [4.69, 9.17) is 11.5 Å². The molecule has 1 aromatic heterocycles. The Bertz CT molecular complexity index is 5010. The first-order valence-electron chi connectivity index (χ1n) is 43.6. The van der Waals surface area contributed by atoms with Gasteiger partial charge in [0.2, 0.25) is 76.8 Å². The molecular weight excluding hydrogens is 1720 g/mol. The lowest BCUT2D eigenvalue weighted by molar-refractivity contribution is -0.152. The number of likely N-dealkylation sites (tertiary alicyclic amines) is 2. The highest BCUT2D eigenvalue weighted by Gasteiger charge is 2.45. The number of carboxylic acids is 2. The molecule has 0 saturated carbocycles. The van der Waals surface area contributed by atoms with Crippen LogP contribution in [0.1, 0.15) is 139 Å². The van der Waals surface area contributed by atoms with Crippen LogP contribution in [0.25, 0.3) is 10.9 Å². The quantitative estimate of drug-likeness (QED) is 0.0192. The molecule has 0 bridgehead atoms. The van der Waals surface area contributed by atoms with Gasteiger partial charge in [-0.3, -0.25) is 82.0 Å². The van der Waals surface area contributed by atoms with Crippen LogP contribution >= 0.6 is 11.8 Å². The van der Waals surface area contributed by atoms with Crippen LogP contribution in [0.2, 0.25) is 0 Å². The van der Waals surface area contributed by atoms with E-state index in [9.17, 15) is 72.4 Å². The van der Waals surface area contributed by atoms with Gasteiger partial charge in [-0.15, -0.1) is 11.8 Å². The second-order valence-corrected chi connectivity index (χ2v) is 34.4. The Labute approximate surface area is 761 Å². The van der Waals surface area contributed by atoms with Gasteiger partial charge in [0, 0.05) is 82.8 Å². The average Bonchev–Trinajstić information content (AvgIpc) is 1.77. The Kier molecular flexibility index (Phi) is 39.4. The molecule has 13 amide bonds. The molecule has 0 aliphatic carbocycles. The van der Waals surface area contributed by atoms with Crippen molar-refractivity contribution in [1.82, 2.24) is 72.0 Å². The smallest absolute Gasteiger partial charge is 0.306 e. The zero-order chi connectivity index (χ0) is 96.0. The molecule has 2 aliphatic heterocycles. The summed E-state index contributed by atoms with van der Waals surface area (Å²) < 4.78 is 45.1. The van der Waals surface area contributed by atoms with Gasteiger partial charge in [0.1, 0.15) is 60.1 Å². The highest BCUT2D eigenvalue weighted by atomic mass is 32.2. The first-order chi connectivity index (χ1) is 62.3. The van der Waals surface area contributed by atoms with E-state index in [1.54, 1.807) is 93.7 Å². The summed E-state index contributed by atoms with van der Waals surface area (Å²) in [5.41, 5.74) is 13.9. The number of H-pyrrole nitrogens is 1. The van der Waals surface area contributed by atoms with Crippen molar-refractivity contribution >= 4 is 117 Å². The van der Waals surface area contributed by atoms with Crippen LogP contribution in [0.5, 0.6) is 5.75 Å². The van der Waals surface area contributed by atoms with E-state index in [2.05, 4.69) is 47.5 Å². The van der Waals surface area contributed by atoms with E-state index in [1.807, 2.05) is 25.1 Å². The van der Waals surface area contributed by atoms with Crippen molar-refractivity contribution in [3.05, 3.63) is 173 Å². The first kappa shape index (κ1) is 104. The molecule has 2 saturated heterocycles. The molecular formula is C92H119F3N16O19S. The molecule has 0 radical (unpaired) electrons. The molecule has 708 valence electrons. The van der Waals surface area contributed by atoms with Crippen LogP contribution in [0.15, 0.2) is 128 Å². The number of fused-ring (bicyclic) bond motifs is 1. The molecule has 13 atom stereocenters. The highest BCUT2D eigenvalue weighted by Crippen LogP contribution is 2.28. The number of hydrogen-bond donors (Lipinski definition) is 14. The fourth-order valence-corrected chi connectivity index (χ4v) is 16.9. The number of phenols is 1. The second kappa shape index (κ2) is 49.8. The Hall–Kier alpha value is -12.8. The maximum Gasteiger partial charge on any atom is 0.306 e. The Morgan fingerprint density at radius 2 is 1.05 bits per heavy atom. The number of rotatable bonds is 50. The number of primary amides is 1. The number of halogens is 3. The van der Waals surface area contributed by atoms with Crippen LogP contribution in [0.4, 0.5) is 13.2 Å². The van der Waals surface area contributed by atoms with E-state index >= 15 is 32.8 Å². The topological polar surface area (TPSA) is 514 Å². The van der Waals surface area contributed by atoms with Gasteiger partial charge in [-0.25, -0.2) is 13.2 Å². The summed E-state index contributed by atoms with van der Waals surface area (Å²) in [5, 5.41) is 51.9. The number of aromatic amines is 1. The highest BCUT2D eigenvalue weighted by molar-refractivity contribution is 8.00. The number of nitrogens with two attached hydrogens (primary N) is 2. The number of aromatic nitrogens is 1. The van der Waals surface area contributed by atoms with Crippen LogP contribution < -0.4 is 54.0 Å². The molecule has 5 aromatic carbocycles. The van der Waals surface area contributed by atoms with Gasteiger partial charge in [0.15, 0.2) is 23.2 Å². The summed E-state index contributed by atoms with van der Waals surface area (Å²) in [6, 6.07) is 14.2. The number of carbonyl (C=O) groups excluding carboxylic acids is 14. The molecule has 35 nitrogen and oxygen atoms in total. The molecule has 0 spiro atoms. The third-order valence-corrected chi connectivity index (χ3v) is 24.2. The number of ketones is 1. The summed E-state index contributed by atoms with van der Waals surface area (Å²) in [7, 11) is 4.01. The van der Waals surface area contributed by atoms with E-state index in [0.717, 1.165) is 20.3 Å². The van der Waals surface area contributed by atoms with Gasteiger partial charge in [0.05, 0.1) is 49.4 Å². The van der Waals surface area contributed by atoms with Crippen molar-refractivity contribution in [2.45, 2.75) is 222 Å². The van der Waals surface area contributed by atoms with Gasteiger partial charge < -0.3 is 93.5 Å². The molecule has 2 aliphatic rings. The summed E-state index contributed by atoms with van der Waals surface area (Å²) in [5.74, 6) is -21.5. The number of likely N-dealkylation sites (N-methyl/N-ethyl adjacent to an activating group) is 3. The third kappa shape index (κ3) is 29.9. The van der Waals surface area contributed by atoms with Gasteiger partial charge in [-0.2, -0.15) is 0 Å². The fourth-order valence-electron chi connectivity index (χ4n) is 16.0. The minimum Gasteiger partial charge on any atom is -0.508 e. The van der Waals surface area contributed by atoms with E-state index < -0.39 is 228 Å². The lowest BCUT2D eigenvalue weighted by atomic mass is 9.98. The number of para-hydroxylation sites is 1. The van der Waals surface area contributed by atoms with Crippen molar-refractivity contribution in [2.24, 2.45) is 17.4 Å². The van der Waals surface area contributed by atoms with Crippen molar-refractivity contribution in [2.75, 3.05) is 52.3 Å². The maximum absolute atomic E-state index is 15.6. The summed E-state index contributed by atoms with van der Waals surface area (Å²) >= 11 is 0.680. The standard InChI is InChI=1S/C92H119F3N16O19S/c1-9-11-28-65(101-84(122)66(41-56-33-35-59(113)36-34-56)102-85(123)67(45-58-48-98-64-29-20-19-27-60(58)64)103-86(124)70-31-21-37-110(70)88(126)63(96)46-78(116)117)83(121)104-69(82(120)99-49-75(97)114)50-131-51-77(115)100-68(42-57-39-61(93)80(95)62(94)40-57)89(127)109(8)74(44-55-25-17-14-18-26-55)90(128)107(6)72(30-12-10-2)91(129)111-38-22-32-71(111)87(125)106-76(47-79(118)119)105-81(52(3)4)92(130)108(7)73(53(5)112)43-54-23-15-13-16-24-54/h13-20,23-27,29,33-36,39-40,48,52,63,65-74,76,81,98,105,113H,9-12,21-22,28,30-32,37-38,41-47,49-51,96H2,1-8H3,(H2,97,114)(H,99,120)(H,100,115)(H,101,122)(H,102,123)(H,103,124)(H,104,121)(H,106,125)(H,116,117)(H,118,119)/t63-,65-,66-,67-,68-,69-,70?,71+,72-,73-,74?,76-,81-/m0/s1. The van der Waals surface area contributed by atoms with Gasteiger partial charge in [-0.05, 0) is 116 Å². The fraction of sp³-hybridized carbons (Fsp3) is 0.478.